The molecule has 5 rings (SSSR count). The van der Waals surface area contributed by atoms with Crippen molar-refractivity contribution in [3.63, 3.8) is 0 Å². The van der Waals surface area contributed by atoms with Crippen LogP contribution in [-0.2, 0) is 4.79 Å². The molecular weight excluding hydrogens is 457 g/mol. The lowest BCUT2D eigenvalue weighted by molar-refractivity contribution is -0.120. The van der Waals surface area contributed by atoms with Crippen LogP contribution in [0.4, 0.5) is 30.4 Å². The Hall–Kier alpha value is -4.14. The maximum Gasteiger partial charge on any atom is 0.269 e. The van der Waals surface area contributed by atoms with Crippen LogP contribution in [0.15, 0.2) is 60.7 Å². The molecular formula is C26H21F3N4O2. The number of rotatable bonds is 5. The minimum absolute atomic E-state index is 0.0922. The van der Waals surface area contributed by atoms with Crippen LogP contribution in [0.5, 0.6) is 5.75 Å². The number of carbonyl (C=O) groups is 1. The summed E-state index contributed by atoms with van der Waals surface area (Å²) >= 11 is 0. The molecule has 0 saturated carbocycles. The maximum absolute atomic E-state index is 14.8. The van der Waals surface area contributed by atoms with E-state index in [0.717, 1.165) is 6.07 Å². The van der Waals surface area contributed by atoms with Crippen LogP contribution in [-0.4, -0.2) is 22.5 Å². The van der Waals surface area contributed by atoms with E-state index in [4.69, 9.17) is 4.74 Å². The second kappa shape index (κ2) is 8.90. The summed E-state index contributed by atoms with van der Waals surface area (Å²) in [4.78, 5) is 23.3. The molecule has 0 spiro atoms. The van der Waals surface area contributed by atoms with E-state index >= 15 is 0 Å². The topological polar surface area (TPSA) is 67.4 Å². The summed E-state index contributed by atoms with van der Waals surface area (Å²) in [5.41, 5.74) is 1.21. The van der Waals surface area contributed by atoms with Gasteiger partial charge >= 0.3 is 0 Å². The van der Waals surface area contributed by atoms with E-state index in [-0.39, 0.29) is 18.1 Å². The monoisotopic (exact) mass is 478 g/mol. The number of ether oxygens (including phenoxy) is 1. The van der Waals surface area contributed by atoms with Crippen molar-refractivity contribution in [3.05, 3.63) is 83.4 Å². The minimum Gasteiger partial charge on any atom is -0.481 e. The molecule has 0 fully saturated rings. The summed E-state index contributed by atoms with van der Waals surface area (Å²) in [6.45, 7) is 3.27. The van der Waals surface area contributed by atoms with Gasteiger partial charge in [-0.3, -0.25) is 9.69 Å². The predicted molar refractivity (Wildman–Crippen MR) is 127 cm³/mol. The third kappa shape index (κ3) is 4.14. The molecule has 1 aromatic heterocycles. The first kappa shape index (κ1) is 22.6. The third-order valence-corrected chi connectivity index (χ3v) is 5.86. The number of benzene rings is 3. The van der Waals surface area contributed by atoms with Crippen molar-refractivity contribution < 1.29 is 22.7 Å². The van der Waals surface area contributed by atoms with Gasteiger partial charge in [-0.2, -0.15) is 0 Å². The molecule has 3 aromatic carbocycles. The number of hydrogen-bond donors (Lipinski definition) is 1. The number of nitrogens with one attached hydrogen (secondary N) is 1. The highest BCUT2D eigenvalue weighted by molar-refractivity contribution is 6.07. The molecule has 1 atom stereocenters. The zero-order valence-electron chi connectivity index (χ0n) is 18.9. The first-order valence-corrected chi connectivity index (χ1v) is 11.0. The van der Waals surface area contributed by atoms with E-state index in [0.29, 0.717) is 39.7 Å². The fourth-order valence-electron chi connectivity index (χ4n) is 4.21. The number of aryl methyl sites for hydroxylation is 1. The third-order valence-electron chi connectivity index (χ3n) is 5.86. The Kier molecular flexibility index (Phi) is 5.76. The Morgan fingerprint density at radius 3 is 2.51 bits per heavy atom. The number of nitrogens with zero attached hydrogens (tertiary/aromatic N) is 3. The van der Waals surface area contributed by atoms with E-state index in [1.165, 1.54) is 12.1 Å². The van der Waals surface area contributed by atoms with E-state index in [1.807, 2.05) is 30.3 Å². The predicted octanol–water partition coefficient (Wildman–Crippen LogP) is 6.25. The van der Waals surface area contributed by atoms with E-state index in [9.17, 15) is 18.0 Å². The van der Waals surface area contributed by atoms with Gasteiger partial charge in [0.25, 0.3) is 12.3 Å². The van der Waals surface area contributed by atoms with Gasteiger partial charge < -0.3 is 10.1 Å². The lowest BCUT2D eigenvalue weighted by Gasteiger charge is -2.30. The van der Waals surface area contributed by atoms with Crippen LogP contribution < -0.4 is 15.0 Å². The van der Waals surface area contributed by atoms with Crippen molar-refractivity contribution >= 4 is 34.0 Å². The largest absolute Gasteiger partial charge is 0.481 e. The molecule has 9 heteroatoms. The van der Waals surface area contributed by atoms with Gasteiger partial charge in [0.05, 0.1) is 22.8 Å². The molecule has 2 heterocycles. The molecule has 1 aliphatic heterocycles. The Bertz CT molecular complexity index is 1430. The quantitative estimate of drug-likeness (QED) is 0.368. The van der Waals surface area contributed by atoms with Crippen molar-refractivity contribution in [2.75, 3.05) is 16.8 Å². The number of amides is 1. The fourth-order valence-corrected chi connectivity index (χ4v) is 4.21. The Morgan fingerprint density at radius 2 is 1.77 bits per heavy atom. The molecule has 4 aromatic rings. The van der Waals surface area contributed by atoms with Gasteiger partial charge in [0.2, 0.25) is 0 Å². The van der Waals surface area contributed by atoms with Crippen molar-refractivity contribution in [2.24, 2.45) is 0 Å². The molecule has 1 amide bonds. The molecule has 178 valence electrons. The lowest BCUT2D eigenvalue weighted by Crippen LogP contribution is -2.35. The van der Waals surface area contributed by atoms with Gasteiger partial charge in [-0.05, 0) is 32.0 Å². The molecule has 6 nitrogen and oxygen atoms in total. The number of hydrogen-bond acceptors (Lipinski definition) is 5. The second-order valence-corrected chi connectivity index (χ2v) is 8.23. The van der Waals surface area contributed by atoms with Gasteiger partial charge in [-0.25, -0.2) is 23.1 Å². The molecule has 1 unspecified atom stereocenters. The van der Waals surface area contributed by atoms with Gasteiger partial charge in [0.15, 0.2) is 6.61 Å². The average molecular weight is 478 g/mol. The highest BCUT2D eigenvalue weighted by Gasteiger charge is 2.28. The number of fused-ring (bicyclic) bond motifs is 2. The number of aromatic nitrogens is 2. The normalized spacial score (nSPS) is 14.1. The second-order valence-electron chi connectivity index (χ2n) is 8.23. The number of halogens is 3. The van der Waals surface area contributed by atoms with E-state index < -0.39 is 23.8 Å². The number of alkyl halides is 2. The molecule has 0 radical (unpaired) electrons. The average Bonchev–Trinajstić information content (AvgIpc) is 2.83. The first-order valence-electron chi connectivity index (χ1n) is 11.0. The van der Waals surface area contributed by atoms with Crippen molar-refractivity contribution in [2.45, 2.75) is 26.3 Å². The van der Waals surface area contributed by atoms with Crippen molar-refractivity contribution in [3.8, 4) is 5.75 Å². The Balaban J connectivity index is 1.60. The highest BCUT2D eigenvalue weighted by Crippen LogP contribution is 2.41. The van der Waals surface area contributed by atoms with E-state index in [2.05, 4.69) is 15.3 Å². The SMILES string of the molecule is Cc1nc(NC(C)c2cccc(C(F)F)c2F)c2cc3c(cc2n1)OCC(=O)N3c1ccccc1. The summed E-state index contributed by atoms with van der Waals surface area (Å²) in [5.74, 6) is 0.152. The highest BCUT2D eigenvalue weighted by atomic mass is 19.3. The lowest BCUT2D eigenvalue weighted by atomic mass is 10.0. The standard InChI is InChI=1S/C26H21F3N4O2/c1-14(17-9-6-10-18(24(17)27)25(28)29)30-26-19-11-21-22(12-20(19)31-15(2)32-26)35-13-23(34)33(21)16-7-4-3-5-8-16/h3-12,14,25H,13H2,1-2H3,(H,30,31,32). The van der Waals surface area contributed by atoms with Crippen LogP contribution in [0.2, 0.25) is 0 Å². The van der Waals surface area contributed by atoms with Crippen LogP contribution >= 0.6 is 0 Å². The summed E-state index contributed by atoms with van der Waals surface area (Å²) < 4.78 is 46.9. The van der Waals surface area contributed by atoms with Gasteiger partial charge in [-0.1, -0.05) is 36.4 Å². The maximum atomic E-state index is 14.8. The molecule has 1 aliphatic rings. The molecule has 1 N–H and O–H groups in total. The van der Waals surface area contributed by atoms with Gasteiger partial charge in [-0.15, -0.1) is 0 Å². The first-order chi connectivity index (χ1) is 16.8. The summed E-state index contributed by atoms with van der Waals surface area (Å²) in [5, 5.41) is 3.72. The summed E-state index contributed by atoms with van der Waals surface area (Å²) in [7, 11) is 0. The van der Waals surface area contributed by atoms with Crippen LogP contribution in [0.25, 0.3) is 10.9 Å². The van der Waals surface area contributed by atoms with Crippen molar-refractivity contribution in [1.29, 1.82) is 0 Å². The van der Waals surface area contributed by atoms with Crippen LogP contribution in [0, 0.1) is 12.7 Å². The van der Waals surface area contributed by atoms with E-state index in [1.54, 1.807) is 30.9 Å². The van der Waals surface area contributed by atoms with Crippen molar-refractivity contribution in [1.82, 2.24) is 9.97 Å². The number of para-hydroxylation sites is 1. The molecule has 0 aliphatic carbocycles. The molecule has 0 saturated heterocycles. The number of anilines is 3. The Labute approximate surface area is 199 Å². The van der Waals surface area contributed by atoms with Gasteiger partial charge in [0.1, 0.15) is 23.2 Å². The summed E-state index contributed by atoms with van der Waals surface area (Å²) in [6.07, 6.45) is -2.92. The zero-order chi connectivity index (χ0) is 24.7. The minimum atomic E-state index is -2.92. The van der Waals surface area contributed by atoms with Crippen LogP contribution in [0.3, 0.4) is 0 Å². The number of carbonyl (C=O) groups excluding carboxylic acids is 1. The smallest absolute Gasteiger partial charge is 0.269 e. The van der Waals surface area contributed by atoms with Crippen LogP contribution in [0.1, 0.15) is 36.3 Å². The fraction of sp³-hybridized carbons (Fsp3) is 0.192. The van der Waals surface area contributed by atoms with Gasteiger partial charge in [0, 0.05) is 22.7 Å². The molecule has 0 bridgehead atoms. The zero-order valence-corrected chi connectivity index (χ0v) is 18.9. The molecule has 35 heavy (non-hydrogen) atoms. The summed E-state index contributed by atoms with van der Waals surface area (Å²) in [6, 6.07) is 15.9. The Morgan fingerprint density at radius 1 is 1.03 bits per heavy atom.